The number of ketones is 1. The number of nitrogens with two attached hydrogens (primary N) is 1. The first kappa shape index (κ1) is 25.6. The zero-order valence-corrected chi connectivity index (χ0v) is 17.9. The van der Waals surface area contributed by atoms with Gasteiger partial charge in [-0.05, 0) is 48.5 Å². The summed E-state index contributed by atoms with van der Waals surface area (Å²) in [5.41, 5.74) is 3.65. The second-order valence-corrected chi connectivity index (χ2v) is 9.06. The van der Waals surface area contributed by atoms with Crippen LogP contribution in [0.15, 0.2) is 0 Å². The highest BCUT2D eigenvalue weighted by atomic mass is 32.2. The highest BCUT2D eigenvalue weighted by Crippen LogP contribution is 2.18. The molecule has 0 rings (SSSR count). The van der Waals surface area contributed by atoms with Crippen LogP contribution in [0.1, 0.15) is 48.5 Å². The molecule has 158 valence electrons. The topological polar surface area (TPSA) is 128 Å². The highest BCUT2D eigenvalue weighted by Gasteiger charge is 2.34. The van der Waals surface area contributed by atoms with Crippen molar-refractivity contribution in [3.8, 4) is 0 Å². The van der Waals surface area contributed by atoms with Crippen LogP contribution in [0.2, 0.25) is 0 Å². The molecule has 0 fully saturated rings. The monoisotopic (exact) mass is 408 g/mol. The van der Waals surface area contributed by atoms with Crippen molar-refractivity contribution in [3.63, 3.8) is 0 Å². The van der Waals surface area contributed by atoms with Crippen molar-refractivity contribution in [1.82, 2.24) is 5.06 Å². The van der Waals surface area contributed by atoms with Gasteiger partial charge in [0.25, 0.3) is 0 Å². The van der Waals surface area contributed by atoms with Gasteiger partial charge < -0.3 is 20.3 Å². The summed E-state index contributed by atoms with van der Waals surface area (Å²) < 4.78 is 10.2. The predicted octanol–water partition coefficient (Wildman–Crippen LogP) is 2.10. The van der Waals surface area contributed by atoms with Crippen LogP contribution in [0.5, 0.6) is 0 Å². The number of carbonyl (C=O) groups is 3. The molecule has 9 nitrogen and oxygen atoms in total. The van der Waals surface area contributed by atoms with E-state index in [-0.39, 0.29) is 5.06 Å². The molecule has 0 bridgehead atoms. The Morgan fingerprint density at radius 1 is 1.04 bits per heavy atom. The fraction of sp³-hybridized carbons (Fsp3) is 0.824. The summed E-state index contributed by atoms with van der Waals surface area (Å²) in [6, 6.07) is 0. The summed E-state index contributed by atoms with van der Waals surface area (Å²) >= 11 is 1.17. The summed E-state index contributed by atoms with van der Waals surface area (Å²) in [4.78, 5) is 42.0. The molecule has 2 atom stereocenters. The second-order valence-electron chi connectivity index (χ2n) is 7.82. The molecule has 0 aliphatic rings. The van der Waals surface area contributed by atoms with Crippen molar-refractivity contribution >= 4 is 29.7 Å². The molecule has 0 saturated heterocycles. The standard InChI is InChI=1S/C17H32N2O7S/c1-11(20)13(27-9-8-18)12(21)10-24-19(14(22)25-16(2,3)4)15(23)26-17(5,6)7/h11,13,20H,8-10,18H2,1-7H3. The Labute approximate surface area is 164 Å². The number of carbonyl (C=O) groups excluding carboxylic acids is 3. The van der Waals surface area contributed by atoms with Gasteiger partial charge in [0.05, 0.1) is 11.4 Å². The molecule has 0 aliphatic heterocycles. The van der Waals surface area contributed by atoms with E-state index in [1.807, 2.05) is 0 Å². The van der Waals surface area contributed by atoms with E-state index in [1.54, 1.807) is 41.5 Å². The van der Waals surface area contributed by atoms with Gasteiger partial charge in [-0.25, -0.2) is 9.59 Å². The lowest BCUT2D eigenvalue weighted by Gasteiger charge is -2.28. The van der Waals surface area contributed by atoms with Gasteiger partial charge in [-0.2, -0.15) is 0 Å². The SMILES string of the molecule is CC(O)C(SCCN)C(=O)CON(C(=O)OC(C)(C)C)C(=O)OC(C)(C)C. The minimum Gasteiger partial charge on any atom is -0.442 e. The first-order valence-electron chi connectivity index (χ1n) is 8.59. The number of Topliss-reactive ketones (excluding diaryl/α,β-unsaturated/α-hetero) is 1. The van der Waals surface area contributed by atoms with Crippen molar-refractivity contribution in [2.24, 2.45) is 5.73 Å². The van der Waals surface area contributed by atoms with E-state index in [1.165, 1.54) is 18.7 Å². The van der Waals surface area contributed by atoms with Crippen LogP contribution in [0.4, 0.5) is 9.59 Å². The molecule has 0 spiro atoms. The van der Waals surface area contributed by atoms with Gasteiger partial charge in [-0.3, -0.25) is 9.63 Å². The molecule has 0 aromatic heterocycles. The van der Waals surface area contributed by atoms with Crippen molar-refractivity contribution < 1.29 is 33.8 Å². The maximum atomic E-state index is 12.3. The number of amides is 2. The molecule has 0 saturated carbocycles. The number of imide groups is 1. The first-order chi connectivity index (χ1) is 12.2. The Balaban J connectivity index is 5.20. The Morgan fingerprint density at radius 2 is 1.48 bits per heavy atom. The van der Waals surface area contributed by atoms with Crippen LogP contribution in [-0.4, -0.2) is 69.6 Å². The summed E-state index contributed by atoms with van der Waals surface area (Å²) in [5, 5.41) is 9.24. The normalized spacial score (nSPS) is 14.3. The minimum atomic E-state index is -1.10. The van der Waals surface area contributed by atoms with Crippen LogP contribution in [0.3, 0.4) is 0 Å². The van der Waals surface area contributed by atoms with Crippen LogP contribution in [0.25, 0.3) is 0 Å². The van der Waals surface area contributed by atoms with Gasteiger partial charge in [0.1, 0.15) is 17.8 Å². The summed E-state index contributed by atoms with van der Waals surface area (Å²) in [5.74, 6) is -0.0380. The summed E-state index contributed by atoms with van der Waals surface area (Å²) in [6.45, 7) is 10.9. The second kappa shape index (κ2) is 10.8. The number of hydrogen-bond donors (Lipinski definition) is 2. The number of nitrogens with zero attached hydrogens (tertiary/aromatic N) is 1. The third-order valence-electron chi connectivity index (χ3n) is 2.63. The van der Waals surface area contributed by atoms with Gasteiger partial charge >= 0.3 is 12.2 Å². The fourth-order valence-corrected chi connectivity index (χ4v) is 2.62. The molecular formula is C17H32N2O7S. The zero-order valence-electron chi connectivity index (χ0n) is 17.1. The number of thioether (sulfide) groups is 1. The average molecular weight is 409 g/mol. The largest absolute Gasteiger partial charge is 0.444 e. The van der Waals surface area contributed by atoms with Crippen molar-refractivity contribution in [2.45, 2.75) is 71.0 Å². The predicted molar refractivity (Wildman–Crippen MR) is 102 cm³/mol. The zero-order chi connectivity index (χ0) is 21.4. The van der Waals surface area contributed by atoms with E-state index < -0.39 is 47.1 Å². The van der Waals surface area contributed by atoms with Crippen LogP contribution in [-0.2, 0) is 19.1 Å². The molecule has 2 unspecified atom stereocenters. The number of aliphatic hydroxyl groups excluding tert-OH is 1. The van der Waals surface area contributed by atoms with Gasteiger partial charge in [0, 0.05) is 12.3 Å². The lowest BCUT2D eigenvalue weighted by Crippen LogP contribution is -2.45. The lowest BCUT2D eigenvalue weighted by molar-refractivity contribution is -0.153. The van der Waals surface area contributed by atoms with Gasteiger partial charge in [0.15, 0.2) is 5.78 Å². The molecule has 0 aliphatic carbocycles. The van der Waals surface area contributed by atoms with E-state index >= 15 is 0 Å². The Hall–Kier alpha value is -1.36. The quantitative estimate of drug-likeness (QED) is 0.580. The number of hydrogen-bond acceptors (Lipinski definition) is 9. The molecule has 10 heteroatoms. The Morgan fingerprint density at radius 3 is 1.81 bits per heavy atom. The number of aliphatic hydroxyl groups is 1. The number of hydroxylamine groups is 2. The molecular weight excluding hydrogens is 376 g/mol. The fourth-order valence-electron chi connectivity index (χ4n) is 1.69. The van der Waals surface area contributed by atoms with E-state index in [2.05, 4.69) is 0 Å². The van der Waals surface area contributed by atoms with E-state index in [4.69, 9.17) is 20.0 Å². The van der Waals surface area contributed by atoms with Crippen molar-refractivity contribution in [3.05, 3.63) is 0 Å². The Bertz CT molecular complexity index is 484. The Kier molecular flexibility index (Phi) is 10.3. The van der Waals surface area contributed by atoms with Crippen molar-refractivity contribution in [2.75, 3.05) is 18.9 Å². The van der Waals surface area contributed by atoms with E-state index in [0.29, 0.717) is 12.3 Å². The van der Waals surface area contributed by atoms with E-state index in [9.17, 15) is 19.5 Å². The van der Waals surface area contributed by atoms with Crippen LogP contribution in [0, 0.1) is 0 Å². The van der Waals surface area contributed by atoms with Crippen LogP contribution >= 0.6 is 11.8 Å². The smallest absolute Gasteiger partial charge is 0.442 e. The van der Waals surface area contributed by atoms with Crippen LogP contribution < -0.4 is 5.73 Å². The van der Waals surface area contributed by atoms with Gasteiger partial charge in [-0.15, -0.1) is 11.8 Å². The minimum absolute atomic E-state index is 0.279. The van der Waals surface area contributed by atoms with Crippen molar-refractivity contribution in [1.29, 1.82) is 0 Å². The molecule has 27 heavy (non-hydrogen) atoms. The maximum absolute atomic E-state index is 12.3. The lowest BCUT2D eigenvalue weighted by atomic mass is 10.2. The maximum Gasteiger partial charge on any atom is 0.444 e. The summed E-state index contributed by atoms with van der Waals surface area (Å²) in [6.07, 6.45) is -3.16. The molecule has 0 aromatic carbocycles. The third kappa shape index (κ3) is 11.2. The molecule has 3 N–H and O–H groups in total. The average Bonchev–Trinajstić information content (AvgIpc) is 2.43. The van der Waals surface area contributed by atoms with Gasteiger partial charge in [-0.1, -0.05) is 5.06 Å². The number of ether oxygens (including phenoxy) is 2. The molecule has 2 amide bonds. The molecule has 0 aromatic rings. The molecule has 0 radical (unpaired) electrons. The summed E-state index contributed by atoms with van der Waals surface area (Å²) in [7, 11) is 0. The van der Waals surface area contributed by atoms with E-state index in [0.717, 1.165) is 0 Å². The third-order valence-corrected chi connectivity index (χ3v) is 4.11. The first-order valence-corrected chi connectivity index (χ1v) is 9.64. The van der Waals surface area contributed by atoms with Gasteiger partial charge in [0.2, 0.25) is 0 Å². The molecule has 0 heterocycles. The number of rotatable bonds is 8. The highest BCUT2D eigenvalue weighted by molar-refractivity contribution is 8.00.